The minimum atomic E-state index is -0.0916. The van der Waals surface area contributed by atoms with Gasteiger partial charge in [0.2, 0.25) is 11.8 Å². The zero-order valence-electron chi connectivity index (χ0n) is 17.0. The number of fused-ring (bicyclic) bond motifs is 1. The van der Waals surface area contributed by atoms with Crippen molar-refractivity contribution in [3.05, 3.63) is 23.8 Å². The van der Waals surface area contributed by atoms with E-state index in [1.807, 2.05) is 12.1 Å². The van der Waals surface area contributed by atoms with Gasteiger partial charge in [-0.2, -0.15) is 0 Å². The third kappa shape index (κ3) is 3.75. The highest BCUT2D eigenvalue weighted by Gasteiger charge is 2.41. The highest BCUT2D eigenvalue weighted by atomic mass is 16.5. The molecule has 156 valence electrons. The fraction of sp³-hybridized carbons (Fsp3) is 0.652. The van der Waals surface area contributed by atoms with Crippen LogP contribution >= 0.6 is 0 Å². The molecular weight excluding hydrogens is 368 g/mol. The molecule has 1 aromatic rings. The Labute approximate surface area is 172 Å². The zero-order valence-corrected chi connectivity index (χ0v) is 17.0. The number of rotatable bonds is 5. The van der Waals surface area contributed by atoms with Crippen molar-refractivity contribution in [1.29, 1.82) is 0 Å². The second kappa shape index (κ2) is 7.63. The van der Waals surface area contributed by atoms with Crippen LogP contribution in [0.25, 0.3) is 0 Å². The smallest absolute Gasteiger partial charge is 0.229 e. The Balaban J connectivity index is 1.16. The number of benzene rings is 1. The van der Waals surface area contributed by atoms with Crippen LogP contribution in [0.2, 0.25) is 0 Å². The predicted octanol–water partition coefficient (Wildman–Crippen LogP) is 2.93. The first kappa shape index (κ1) is 18.9. The van der Waals surface area contributed by atoms with Gasteiger partial charge in [0, 0.05) is 32.0 Å². The van der Waals surface area contributed by atoms with E-state index in [1.54, 1.807) is 0 Å². The maximum absolute atomic E-state index is 11.7. The van der Waals surface area contributed by atoms with Gasteiger partial charge in [0.1, 0.15) is 23.7 Å². The van der Waals surface area contributed by atoms with E-state index in [1.165, 1.54) is 29.7 Å². The number of ether oxygens (including phenoxy) is 2. The summed E-state index contributed by atoms with van der Waals surface area (Å²) in [5.74, 6) is 1.59. The molecule has 0 unspecified atom stereocenters. The first-order valence-electron chi connectivity index (χ1n) is 11.1. The van der Waals surface area contributed by atoms with Gasteiger partial charge in [0.05, 0.1) is 6.54 Å². The van der Waals surface area contributed by atoms with Crippen LogP contribution in [-0.4, -0.2) is 59.5 Å². The van der Waals surface area contributed by atoms with E-state index in [9.17, 15) is 9.59 Å². The van der Waals surface area contributed by atoms with E-state index in [4.69, 9.17) is 9.47 Å². The summed E-state index contributed by atoms with van der Waals surface area (Å²) in [5.41, 5.74) is 1.20. The summed E-state index contributed by atoms with van der Waals surface area (Å²) in [7, 11) is 0. The van der Waals surface area contributed by atoms with Crippen molar-refractivity contribution in [3.8, 4) is 11.5 Å². The summed E-state index contributed by atoms with van der Waals surface area (Å²) in [4.78, 5) is 27.3. The number of hydrogen-bond donors (Lipinski definition) is 0. The quantitative estimate of drug-likeness (QED) is 0.714. The van der Waals surface area contributed by atoms with E-state index in [0.29, 0.717) is 26.0 Å². The van der Waals surface area contributed by atoms with Crippen LogP contribution in [-0.2, 0) is 16.0 Å². The Bertz CT molecular complexity index is 780. The summed E-state index contributed by atoms with van der Waals surface area (Å²) < 4.78 is 12.3. The van der Waals surface area contributed by atoms with Gasteiger partial charge in [-0.1, -0.05) is 6.42 Å². The Morgan fingerprint density at radius 1 is 1.03 bits per heavy atom. The lowest BCUT2D eigenvalue weighted by Gasteiger charge is -2.48. The molecule has 3 aliphatic heterocycles. The third-order valence-corrected chi connectivity index (χ3v) is 7.25. The fourth-order valence-electron chi connectivity index (χ4n) is 5.11. The largest absolute Gasteiger partial charge is 0.492 e. The molecule has 29 heavy (non-hydrogen) atoms. The van der Waals surface area contributed by atoms with Gasteiger partial charge < -0.3 is 14.4 Å². The molecule has 2 amide bonds. The topological polar surface area (TPSA) is 59.1 Å². The SMILES string of the molecule is O=C1CCC(=O)N1CCOc1ccc2c(c1)CCC1(CCN(C3CCC3)CC1)O2. The van der Waals surface area contributed by atoms with Crippen LogP contribution in [0.15, 0.2) is 18.2 Å². The fourth-order valence-corrected chi connectivity index (χ4v) is 5.11. The van der Waals surface area contributed by atoms with Crippen molar-refractivity contribution in [2.75, 3.05) is 26.2 Å². The van der Waals surface area contributed by atoms with Gasteiger partial charge in [-0.25, -0.2) is 0 Å². The van der Waals surface area contributed by atoms with E-state index in [0.717, 1.165) is 56.3 Å². The Kier molecular flexibility index (Phi) is 4.98. The number of aryl methyl sites for hydroxylation is 1. The molecule has 0 N–H and O–H groups in total. The molecular formula is C23H30N2O4. The van der Waals surface area contributed by atoms with Crippen molar-refractivity contribution in [1.82, 2.24) is 9.80 Å². The molecule has 1 aliphatic carbocycles. The van der Waals surface area contributed by atoms with Crippen molar-refractivity contribution >= 4 is 11.8 Å². The lowest BCUT2D eigenvalue weighted by molar-refractivity contribution is -0.138. The first-order valence-corrected chi connectivity index (χ1v) is 11.1. The average Bonchev–Trinajstić information content (AvgIpc) is 3.01. The average molecular weight is 399 g/mol. The number of amides is 2. The Hall–Kier alpha value is -2.08. The summed E-state index contributed by atoms with van der Waals surface area (Å²) in [6.45, 7) is 2.98. The summed E-state index contributed by atoms with van der Waals surface area (Å²) in [6.07, 6.45) is 9.13. The van der Waals surface area contributed by atoms with Crippen molar-refractivity contribution < 1.29 is 19.1 Å². The van der Waals surface area contributed by atoms with E-state index >= 15 is 0 Å². The number of piperidine rings is 1. The molecule has 1 saturated carbocycles. The van der Waals surface area contributed by atoms with Gasteiger partial charge in [-0.05, 0) is 62.3 Å². The molecule has 1 spiro atoms. The maximum Gasteiger partial charge on any atom is 0.229 e. The molecule has 6 heteroatoms. The molecule has 1 aromatic carbocycles. The number of likely N-dealkylation sites (tertiary alicyclic amines) is 2. The minimum absolute atomic E-state index is 0.00605. The Morgan fingerprint density at radius 3 is 2.48 bits per heavy atom. The predicted molar refractivity (Wildman–Crippen MR) is 108 cm³/mol. The van der Waals surface area contributed by atoms with Crippen LogP contribution in [0.1, 0.15) is 56.9 Å². The minimum Gasteiger partial charge on any atom is -0.492 e. The summed E-state index contributed by atoms with van der Waals surface area (Å²) in [5, 5.41) is 0. The number of carbonyl (C=O) groups excluding carboxylic acids is 2. The van der Waals surface area contributed by atoms with E-state index < -0.39 is 0 Å². The monoisotopic (exact) mass is 398 g/mol. The highest BCUT2D eigenvalue weighted by Crippen LogP contribution is 2.41. The summed E-state index contributed by atoms with van der Waals surface area (Å²) in [6, 6.07) is 6.85. The van der Waals surface area contributed by atoms with Gasteiger partial charge in [-0.3, -0.25) is 14.5 Å². The van der Waals surface area contributed by atoms with Gasteiger partial charge >= 0.3 is 0 Å². The molecule has 6 nitrogen and oxygen atoms in total. The highest BCUT2D eigenvalue weighted by molar-refractivity contribution is 6.01. The molecule has 4 aliphatic rings. The molecule has 3 fully saturated rings. The van der Waals surface area contributed by atoms with Gasteiger partial charge in [-0.15, -0.1) is 0 Å². The molecule has 0 radical (unpaired) electrons. The molecule has 0 atom stereocenters. The van der Waals surface area contributed by atoms with Gasteiger partial charge in [0.15, 0.2) is 0 Å². The lowest BCUT2D eigenvalue weighted by atomic mass is 9.81. The number of hydrogen-bond acceptors (Lipinski definition) is 5. The second-order valence-corrected chi connectivity index (χ2v) is 8.96. The zero-order chi connectivity index (χ0) is 19.8. The lowest BCUT2D eigenvalue weighted by Crippen LogP contribution is -2.53. The molecule has 2 saturated heterocycles. The van der Waals surface area contributed by atoms with Crippen molar-refractivity contribution in [2.45, 2.75) is 69.4 Å². The first-order chi connectivity index (χ1) is 14.1. The second-order valence-electron chi connectivity index (χ2n) is 8.96. The Morgan fingerprint density at radius 2 is 1.79 bits per heavy atom. The van der Waals surface area contributed by atoms with E-state index in [-0.39, 0.29) is 17.4 Å². The number of carbonyl (C=O) groups is 2. The van der Waals surface area contributed by atoms with E-state index in [2.05, 4.69) is 11.0 Å². The standard InChI is InChI=1S/C23H30N2O4/c26-21-6-7-22(27)25(21)14-15-28-19-4-5-20-17(16-19)8-9-23(29-20)10-12-24(13-11-23)18-2-1-3-18/h4-5,16,18H,1-3,6-15H2. The van der Waals surface area contributed by atoms with Crippen LogP contribution in [0.4, 0.5) is 0 Å². The molecule has 5 rings (SSSR count). The van der Waals surface area contributed by atoms with Crippen LogP contribution < -0.4 is 9.47 Å². The van der Waals surface area contributed by atoms with Gasteiger partial charge in [0.25, 0.3) is 0 Å². The van der Waals surface area contributed by atoms with Crippen LogP contribution in [0, 0.1) is 0 Å². The normalized spacial score (nSPS) is 24.3. The molecule has 0 aromatic heterocycles. The van der Waals surface area contributed by atoms with Crippen molar-refractivity contribution in [3.63, 3.8) is 0 Å². The van der Waals surface area contributed by atoms with Crippen LogP contribution in [0.3, 0.4) is 0 Å². The molecule has 3 heterocycles. The third-order valence-electron chi connectivity index (χ3n) is 7.25. The molecule has 0 bridgehead atoms. The van der Waals surface area contributed by atoms with Crippen LogP contribution in [0.5, 0.6) is 11.5 Å². The number of nitrogens with zero attached hydrogens (tertiary/aromatic N) is 2. The summed E-state index contributed by atoms with van der Waals surface area (Å²) >= 11 is 0. The van der Waals surface area contributed by atoms with Crippen molar-refractivity contribution in [2.24, 2.45) is 0 Å². The number of imide groups is 1. The maximum atomic E-state index is 11.7.